The molecule has 0 spiro atoms. The number of rotatable bonds is 5. The molecule has 134 valence electrons. The highest BCUT2D eigenvalue weighted by Crippen LogP contribution is 2.32. The van der Waals surface area contributed by atoms with E-state index in [0.29, 0.717) is 11.6 Å². The molecule has 1 heterocycles. The van der Waals surface area contributed by atoms with Gasteiger partial charge < -0.3 is 5.32 Å². The molecular formula is C22H17BrN2OS. The van der Waals surface area contributed by atoms with Crippen molar-refractivity contribution in [3.63, 3.8) is 0 Å². The highest BCUT2D eigenvalue weighted by Gasteiger charge is 2.19. The molecule has 0 bridgehead atoms. The summed E-state index contributed by atoms with van der Waals surface area (Å²) in [4.78, 5) is 17.3. The van der Waals surface area contributed by atoms with Crippen LogP contribution in [-0.2, 0) is 4.79 Å². The minimum atomic E-state index is -0.0390. The Morgan fingerprint density at radius 3 is 2.15 bits per heavy atom. The van der Waals surface area contributed by atoms with Crippen LogP contribution in [0.15, 0.2) is 83.3 Å². The van der Waals surface area contributed by atoms with Crippen LogP contribution in [0, 0.1) is 0 Å². The topological polar surface area (TPSA) is 42.0 Å². The van der Waals surface area contributed by atoms with Crippen molar-refractivity contribution in [3.05, 3.63) is 94.5 Å². The molecule has 0 saturated heterocycles. The Hall–Kier alpha value is -2.50. The molecule has 0 saturated carbocycles. The Morgan fingerprint density at radius 2 is 1.56 bits per heavy atom. The smallest absolute Gasteiger partial charge is 0.227 e. The van der Waals surface area contributed by atoms with E-state index in [1.807, 2.05) is 54.6 Å². The average molecular weight is 437 g/mol. The highest BCUT2D eigenvalue weighted by atomic mass is 79.9. The van der Waals surface area contributed by atoms with Gasteiger partial charge in [0.25, 0.3) is 0 Å². The fourth-order valence-corrected chi connectivity index (χ4v) is 4.62. The first-order valence-corrected chi connectivity index (χ1v) is 10.3. The van der Waals surface area contributed by atoms with Crippen molar-refractivity contribution < 1.29 is 4.79 Å². The van der Waals surface area contributed by atoms with Gasteiger partial charge in [0.1, 0.15) is 0 Å². The van der Waals surface area contributed by atoms with Gasteiger partial charge in [0, 0.05) is 16.8 Å². The van der Waals surface area contributed by atoms with Crippen molar-refractivity contribution in [3.8, 4) is 0 Å². The van der Waals surface area contributed by atoms with Crippen LogP contribution < -0.4 is 5.32 Å². The quantitative estimate of drug-likeness (QED) is 0.403. The first-order valence-electron chi connectivity index (χ1n) is 8.65. The molecule has 5 heteroatoms. The number of thiazole rings is 1. The molecule has 1 N–H and O–H groups in total. The van der Waals surface area contributed by atoms with Gasteiger partial charge in [0.05, 0.1) is 10.2 Å². The SMILES string of the molecule is O=C(CC(c1ccccc1)c1ccccc1)Nc1nc2c(Br)cccc2s1. The summed E-state index contributed by atoms with van der Waals surface area (Å²) in [5.41, 5.74) is 3.14. The fraction of sp³-hybridized carbons (Fsp3) is 0.0909. The van der Waals surface area contributed by atoms with Gasteiger partial charge in [-0.2, -0.15) is 0 Å². The summed E-state index contributed by atoms with van der Waals surface area (Å²) < 4.78 is 1.98. The van der Waals surface area contributed by atoms with E-state index in [1.165, 1.54) is 11.3 Å². The maximum atomic E-state index is 12.8. The third kappa shape index (κ3) is 4.10. The third-order valence-electron chi connectivity index (χ3n) is 4.41. The van der Waals surface area contributed by atoms with Gasteiger partial charge >= 0.3 is 0 Å². The highest BCUT2D eigenvalue weighted by molar-refractivity contribution is 9.10. The first kappa shape index (κ1) is 17.9. The average Bonchev–Trinajstić information content (AvgIpc) is 3.11. The molecule has 0 unspecified atom stereocenters. The number of halogens is 1. The van der Waals surface area contributed by atoms with E-state index in [4.69, 9.17) is 0 Å². The minimum absolute atomic E-state index is 0.00788. The molecule has 27 heavy (non-hydrogen) atoms. The fourth-order valence-electron chi connectivity index (χ4n) is 3.12. The zero-order chi connectivity index (χ0) is 18.6. The summed E-state index contributed by atoms with van der Waals surface area (Å²) in [6.07, 6.45) is 0.366. The van der Waals surface area contributed by atoms with Crippen LogP contribution in [0.1, 0.15) is 23.5 Å². The molecule has 1 aromatic heterocycles. The zero-order valence-electron chi connectivity index (χ0n) is 14.4. The summed E-state index contributed by atoms with van der Waals surface area (Å²) in [5, 5.41) is 3.60. The Labute approximate surface area is 170 Å². The number of aromatic nitrogens is 1. The van der Waals surface area contributed by atoms with Gasteiger partial charge in [-0.15, -0.1) is 0 Å². The van der Waals surface area contributed by atoms with E-state index >= 15 is 0 Å². The summed E-state index contributed by atoms with van der Waals surface area (Å²) in [6, 6.07) is 26.2. The van der Waals surface area contributed by atoms with Crippen LogP contribution in [0.5, 0.6) is 0 Å². The molecule has 3 aromatic carbocycles. The predicted octanol–water partition coefficient (Wildman–Crippen LogP) is 6.22. The Balaban J connectivity index is 1.57. The van der Waals surface area contributed by atoms with Crippen LogP contribution in [0.25, 0.3) is 10.2 Å². The Kier molecular flexibility index (Phi) is 5.32. The maximum Gasteiger partial charge on any atom is 0.227 e. The number of anilines is 1. The maximum absolute atomic E-state index is 12.8. The van der Waals surface area contributed by atoms with Crippen LogP contribution in [0.3, 0.4) is 0 Å². The lowest BCUT2D eigenvalue weighted by molar-refractivity contribution is -0.116. The van der Waals surface area contributed by atoms with Gasteiger partial charge in [0.2, 0.25) is 5.91 Å². The summed E-state index contributed by atoms with van der Waals surface area (Å²) in [5.74, 6) is -0.0311. The lowest BCUT2D eigenvalue weighted by Crippen LogP contribution is -2.16. The van der Waals surface area contributed by atoms with E-state index in [2.05, 4.69) is 50.5 Å². The van der Waals surface area contributed by atoms with Gasteiger partial charge in [-0.1, -0.05) is 78.1 Å². The van der Waals surface area contributed by atoms with Crippen LogP contribution >= 0.6 is 27.3 Å². The molecule has 0 aliphatic carbocycles. The second-order valence-electron chi connectivity index (χ2n) is 6.23. The minimum Gasteiger partial charge on any atom is -0.302 e. The largest absolute Gasteiger partial charge is 0.302 e. The van der Waals surface area contributed by atoms with E-state index in [1.54, 1.807) is 0 Å². The standard InChI is InChI=1S/C22H17BrN2OS/c23-18-12-7-13-19-21(18)25-22(27-19)24-20(26)14-17(15-8-3-1-4-9-15)16-10-5-2-6-11-16/h1-13,17H,14H2,(H,24,25,26). The molecule has 0 aliphatic rings. The predicted molar refractivity (Wildman–Crippen MR) is 115 cm³/mol. The van der Waals surface area contributed by atoms with Crippen molar-refractivity contribution in [1.82, 2.24) is 4.98 Å². The first-order chi connectivity index (χ1) is 13.2. The van der Waals surface area contributed by atoms with Gasteiger partial charge in [-0.05, 0) is 39.2 Å². The van der Waals surface area contributed by atoms with Crippen LogP contribution in [0.2, 0.25) is 0 Å². The second-order valence-corrected chi connectivity index (χ2v) is 8.12. The molecule has 4 aromatic rings. The van der Waals surface area contributed by atoms with Crippen LogP contribution in [0.4, 0.5) is 5.13 Å². The van der Waals surface area contributed by atoms with Crippen molar-refractivity contribution in [2.75, 3.05) is 5.32 Å². The number of carbonyl (C=O) groups excluding carboxylic acids is 1. The number of fused-ring (bicyclic) bond motifs is 1. The molecule has 0 radical (unpaired) electrons. The van der Waals surface area contributed by atoms with Gasteiger partial charge in [-0.25, -0.2) is 4.98 Å². The van der Waals surface area contributed by atoms with Gasteiger partial charge in [-0.3, -0.25) is 4.79 Å². The number of hydrogen-bond acceptors (Lipinski definition) is 3. The van der Waals surface area contributed by atoms with Gasteiger partial charge in [0.15, 0.2) is 5.13 Å². The molecular weight excluding hydrogens is 420 g/mol. The van der Waals surface area contributed by atoms with E-state index in [9.17, 15) is 4.79 Å². The molecule has 4 rings (SSSR count). The van der Waals surface area contributed by atoms with Crippen molar-refractivity contribution in [1.29, 1.82) is 0 Å². The second kappa shape index (κ2) is 8.03. The number of para-hydroxylation sites is 1. The Morgan fingerprint density at radius 1 is 0.926 bits per heavy atom. The Bertz CT molecular complexity index is 1020. The number of hydrogen-bond donors (Lipinski definition) is 1. The number of amides is 1. The lowest BCUT2D eigenvalue weighted by atomic mass is 9.88. The normalized spacial score (nSPS) is 11.0. The van der Waals surface area contributed by atoms with E-state index in [0.717, 1.165) is 25.8 Å². The van der Waals surface area contributed by atoms with E-state index < -0.39 is 0 Å². The monoisotopic (exact) mass is 436 g/mol. The van der Waals surface area contributed by atoms with Crippen molar-refractivity contribution in [2.24, 2.45) is 0 Å². The molecule has 1 amide bonds. The number of benzene rings is 3. The molecule has 0 atom stereocenters. The van der Waals surface area contributed by atoms with Crippen molar-refractivity contribution in [2.45, 2.75) is 12.3 Å². The van der Waals surface area contributed by atoms with E-state index in [-0.39, 0.29) is 11.8 Å². The summed E-state index contributed by atoms with van der Waals surface area (Å²) >= 11 is 4.99. The third-order valence-corrected chi connectivity index (χ3v) is 5.99. The molecule has 0 fully saturated rings. The van der Waals surface area contributed by atoms with Crippen molar-refractivity contribution >= 4 is 48.5 Å². The molecule has 3 nitrogen and oxygen atoms in total. The summed E-state index contributed by atoms with van der Waals surface area (Å²) in [6.45, 7) is 0. The number of nitrogens with zero attached hydrogens (tertiary/aromatic N) is 1. The number of carbonyl (C=O) groups is 1. The molecule has 0 aliphatic heterocycles. The van der Waals surface area contributed by atoms with Crippen LogP contribution in [-0.4, -0.2) is 10.9 Å². The summed E-state index contributed by atoms with van der Waals surface area (Å²) in [7, 11) is 0. The lowest BCUT2D eigenvalue weighted by Gasteiger charge is -2.17. The number of nitrogens with one attached hydrogen (secondary N) is 1. The zero-order valence-corrected chi connectivity index (χ0v) is 16.8.